The molecule has 3 unspecified atom stereocenters. The lowest BCUT2D eigenvalue weighted by molar-refractivity contribution is -0.153. The molecule has 0 radical (unpaired) electrons. The van der Waals surface area contributed by atoms with Crippen molar-refractivity contribution in [2.45, 2.75) is 38.0 Å². The predicted molar refractivity (Wildman–Crippen MR) is 141 cm³/mol. The molecule has 0 saturated heterocycles. The number of anilines is 1. The van der Waals surface area contributed by atoms with E-state index in [1.807, 2.05) is 0 Å². The fraction of sp³-hybridized carbons (Fsp3) is 0.481. The third kappa shape index (κ3) is 3.97. The number of aliphatic hydroxyl groups excluding tert-OH is 2. The molecule has 0 aliphatic heterocycles. The largest absolute Gasteiger partial charge is 0.508 e. The van der Waals surface area contributed by atoms with E-state index in [9.17, 15) is 39.6 Å². The first-order valence-corrected chi connectivity index (χ1v) is 12.6. The molecule has 2 amide bonds. The Kier molecular flexibility index (Phi) is 6.98. The number of carbonyl (C=O) groups excluding carboxylic acids is 4. The average molecular weight is 543 g/mol. The number of hydrogen-bond acceptors (Lipinski definition) is 10. The maximum atomic E-state index is 14.0. The van der Waals surface area contributed by atoms with Crippen LogP contribution < -0.4 is 10.6 Å². The van der Waals surface area contributed by atoms with Gasteiger partial charge in [0.15, 0.2) is 11.4 Å². The summed E-state index contributed by atoms with van der Waals surface area (Å²) in [4.78, 5) is 55.4. The van der Waals surface area contributed by atoms with Crippen LogP contribution in [0.2, 0.25) is 0 Å². The highest BCUT2D eigenvalue weighted by Gasteiger charge is 2.64. The van der Waals surface area contributed by atoms with Crippen LogP contribution in [0.3, 0.4) is 0 Å². The van der Waals surface area contributed by atoms with Gasteiger partial charge in [0, 0.05) is 49.9 Å². The second kappa shape index (κ2) is 9.69. The molecule has 1 fully saturated rings. The summed E-state index contributed by atoms with van der Waals surface area (Å²) >= 11 is 0. The number of aliphatic hydroxyl groups is 3. The molecule has 4 rings (SSSR count). The summed E-state index contributed by atoms with van der Waals surface area (Å²) in [5, 5.41) is 45.4. The van der Waals surface area contributed by atoms with Crippen molar-refractivity contribution in [2.75, 3.05) is 39.6 Å². The van der Waals surface area contributed by atoms with Crippen LogP contribution in [0.4, 0.5) is 5.69 Å². The molecule has 210 valence electrons. The molecule has 6 N–H and O–H groups in total. The van der Waals surface area contributed by atoms with Crippen molar-refractivity contribution in [2.24, 2.45) is 17.6 Å². The highest BCUT2D eigenvalue weighted by molar-refractivity contribution is 6.24. The minimum absolute atomic E-state index is 0.00515. The van der Waals surface area contributed by atoms with Crippen molar-refractivity contribution < 1.29 is 39.6 Å². The number of benzene rings is 1. The van der Waals surface area contributed by atoms with Gasteiger partial charge in [-0.3, -0.25) is 24.1 Å². The molecule has 0 bridgehead atoms. The molecule has 12 nitrogen and oxygen atoms in total. The van der Waals surface area contributed by atoms with E-state index in [1.54, 1.807) is 46.1 Å². The zero-order chi connectivity index (χ0) is 29.1. The highest BCUT2D eigenvalue weighted by atomic mass is 16.3. The van der Waals surface area contributed by atoms with Crippen molar-refractivity contribution in [1.82, 2.24) is 9.80 Å². The number of rotatable bonds is 7. The number of phenolic OH excluding ortho intramolecular Hbond substituents is 1. The zero-order valence-electron chi connectivity index (χ0n) is 22.6. The summed E-state index contributed by atoms with van der Waals surface area (Å²) in [5.74, 6) is -6.97. The molecule has 1 aromatic carbocycles. The number of ketones is 2. The number of likely N-dealkylation sites (N-methyl/N-ethyl adjacent to an activating group) is 1. The molecule has 0 aromatic heterocycles. The molecule has 1 saturated carbocycles. The fourth-order valence-corrected chi connectivity index (χ4v) is 6.31. The summed E-state index contributed by atoms with van der Waals surface area (Å²) in [7, 11) is 6.67. The number of phenols is 1. The number of fused-ring (bicyclic) bond motifs is 3. The lowest BCUT2D eigenvalue weighted by Crippen LogP contribution is -2.65. The molecule has 39 heavy (non-hydrogen) atoms. The van der Waals surface area contributed by atoms with Crippen molar-refractivity contribution >= 4 is 35.3 Å². The van der Waals surface area contributed by atoms with E-state index in [4.69, 9.17) is 5.73 Å². The number of nitrogens with zero attached hydrogens (tertiary/aromatic N) is 3. The maximum Gasteiger partial charge on any atom is 0.255 e. The van der Waals surface area contributed by atoms with E-state index < -0.39 is 58.0 Å². The lowest BCUT2D eigenvalue weighted by Gasteiger charge is -2.50. The van der Waals surface area contributed by atoms with Crippen LogP contribution in [0, 0.1) is 11.8 Å². The van der Waals surface area contributed by atoms with Gasteiger partial charge in [-0.05, 0) is 51.4 Å². The molecule has 3 aliphatic carbocycles. The second-order valence-corrected chi connectivity index (χ2v) is 10.8. The van der Waals surface area contributed by atoms with E-state index in [0.29, 0.717) is 29.8 Å². The van der Waals surface area contributed by atoms with Crippen LogP contribution >= 0.6 is 0 Å². The van der Waals surface area contributed by atoms with Gasteiger partial charge in [0.1, 0.15) is 22.8 Å². The summed E-state index contributed by atoms with van der Waals surface area (Å²) in [6, 6.07) is 0.579. The average Bonchev–Trinajstić information content (AvgIpc) is 2.85. The van der Waals surface area contributed by atoms with Gasteiger partial charge in [0.2, 0.25) is 12.2 Å². The molecular formula is C27H34N4O8. The number of hydrogen-bond donors (Lipinski definition) is 5. The zero-order valence-corrected chi connectivity index (χ0v) is 22.6. The quantitative estimate of drug-likeness (QED) is 0.232. The van der Waals surface area contributed by atoms with Crippen molar-refractivity contribution in [1.29, 1.82) is 0 Å². The van der Waals surface area contributed by atoms with Crippen LogP contribution in [-0.4, -0.2) is 100 Å². The molecule has 0 spiro atoms. The Hall–Kier alpha value is -3.90. The number of carbonyl (C=O) groups is 4. The topological polar surface area (TPSA) is 185 Å². The highest BCUT2D eigenvalue weighted by Crippen LogP contribution is 2.54. The first-order chi connectivity index (χ1) is 18.2. The van der Waals surface area contributed by atoms with E-state index in [1.165, 1.54) is 9.80 Å². The predicted octanol–water partition coefficient (Wildman–Crippen LogP) is 0.00830. The Morgan fingerprint density at radius 2 is 1.82 bits per heavy atom. The molecule has 1 aromatic rings. The van der Waals surface area contributed by atoms with E-state index in [2.05, 4.69) is 0 Å². The number of nitrogens with two attached hydrogens (primary N) is 1. The molecule has 12 heteroatoms. The molecule has 4 atom stereocenters. The van der Waals surface area contributed by atoms with Crippen LogP contribution in [0.25, 0.3) is 5.76 Å². The van der Waals surface area contributed by atoms with Gasteiger partial charge in [-0.25, -0.2) is 0 Å². The Balaban J connectivity index is 1.98. The fourth-order valence-electron chi connectivity index (χ4n) is 6.31. The standard InChI is InChI=1S/C27H34N4O8/c1-6-31(11-32)10-13-9-16(29(2)3)14-7-12-8-15-20(30(4)5)23(35)19(26(28)38)25(37)27(15,39)24(36)17(12)22(34)18(14)21(13)33/h9,11-12,15,20,33-34,37,39H,6-8,10H2,1-5H3,(H2,28,38)/t12?,15?,20?,27-/m0/s1. The van der Waals surface area contributed by atoms with Crippen molar-refractivity contribution in [3.05, 3.63) is 39.7 Å². The second-order valence-electron chi connectivity index (χ2n) is 10.8. The van der Waals surface area contributed by atoms with Crippen molar-refractivity contribution in [3.8, 4) is 5.75 Å². The normalized spacial score (nSPS) is 26.3. The summed E-state index contributed by atoms with van der Waals surface area (Å²) in [6.07, 6.45) is 0.830. The Bertz CT molecular complexity index is 1350. The van der Waals surface area contributed by atoms with Gasteiger partial charge in [0.25, 0.3) is 5.91 Å². The minimum Gasteiger partial charge on any atom is -0.508 e. The third-order valence-corrected chi connectivity index (χ3v) is 8.19. The van der Waals surface area contributed by atoms with Gasteiger partial charge in [-0.2, -0.15) is 0 Å². The Morgan fingerprint density at radius 3 is 2.33 bits per heavy atom. The number of amides is 2. The number of primary amides is 1. The first kappa shape index (κ1) is 28.1. The summed E-state index contributed by atoms with van der Waals surface area (Å²) in [5.41, 5.74) is 3.13. The molecule has 3 aliphatic rings. The summed E-state index contributed by atoms with van der Waals surface area (Å²) in [6.45, 7) is 2.19. The maximum absolute atomic E-state index is 14.0. The Morgan fingerprint density at radius 1 is 1.18 bits per heavy atom. The van der Waals surface area contributed by atoms with Crippen LogP contribution in [0.15, 0.2) is 23.0 Å². The van der Waals surface area contributed by atoms with E-state index >= 15 is 0 Å². The Labute approximate surface area is 225 Å². The van der Waals surface area contributed by atoms with Crippen LogP contribution in [-0.2, 0) is 32.1 Å². The van der Waals surface area contributed by atoms with Gasteiger partial charge in [0.05, 0.1) is 11.6 Å². The third-order valence-electron chi connectivity index (χ3n) is 8.19. The van der Waals surface area contributed by atoms with Crippen molar-refractivity contribution in [3.63, 3.8) is 0 Å². The van der Waals surface area contributed by atoms with E-state index in [-0.39, 0.29) is 36.3 Å². The van der Waals surface area contributed by atoms with Gasteiger partial charge >= 0.3 is 0 Å². The molecule has 0 heterocycles. The minimum atomic E-state index is -2.70. The first-order valence-electron chi connectivity index (χ1n) is 12.6. The number of Topliss-reactive ketones (excluding diaryl/α,β-unsaturated/α-hetero) is 2. The van der Waals surface area contributed by atoms with Crippen LogP contribution in [0.1, 0.15) is 30.0 Å². The van der Waals surface area contributed by atoms with Gasteiger partial charge in [-0.15, -0.1) is 0 Å². The van der Waals surface area contributed by atoms with Gasteiger partial charge in [-0.1, -0.05) is 0 Å². The van der Waals surface area contributed by atoms with E-state index in [0.717, 1.165) is 0 Å². The monoisotopic (exact) mass is 542 g/mol. The number of aromatic hydroxyl groups is 1. The van der Waals surface area contributed by atoms with Crippen LogP contribution in [0.5, 0.6) is 5.75 Å². The molecular weight excluding hydrogens is 508 g/mol. The SMILES string of the molecule is CCN(C=O)Cc1cc(N(C)C)c2c(c1O)C(O)=C1C(=O)[C@]3(O)C(O)=C(C(N)=O)C(=O)C(N(C)C)C3CC1C2. The van der Waals surface area contributed by atoms with Gasteiger partial charge < -0.3 is 36.0 Å². The lowest BCUT2D eigenvalue weighted by atomic mass is 9.57. The smallest absolute Gasteiger partial charge is 0.255 e. The summed E-state index contributed by atoms with van der Waals surface area (Å²) < 4.78 is 0.